The molecule has 0 amide bonds. The summed E-state index contributed by atoms with van der Waals surface area (Å²) in [7, 11) is 0. The van der Waals surface area contributed by atoms with Gasteiger partial charge in [-0.05, 0) is 12.1 Å². The van der Waals surface area contributed by atoms with Crippen LogP contribution in [-0.2, 0) is 4.74 Å². The molecule has 25 heavy (non-hydrogen) atoms. The van der Waals surface area contributed by atoms with Crippen LogP contribution in [0.5, 0.6) is 11.5 Å². The summed E-state index contributed by atoms with van der Waals surface area (Å²) in [5.74, 6) is -0.453. The summed E-state index contributed by atoms with van der Waals surface area (Å²) in [6, 6.07) is 7.53. The Morgan fingerprint density at radius 3 is 2.24 bits per heavy atom. The van der Waals surface area contributed by atoms with E-state index in [1.54, 1.807) is 0 Å². The van der Waals surface area contributed by atoms with Crippen molar-refractivity contribution < 1.29 is 28.2 Å². The van der Waals surface area contributed by atoms with Gasteiger partial charge in [-0.15, -0.1) is 0 Å². The quantitative estimate of drug-likeness (QED) is 0.517. The molecule has 0 unspecified atom stereocenters. The van der Waals surface area contributed by atoms with Crippen LogP contribution in [-0.4, -0.2) is 24.3 Å². The molecular formula is C17H14Cl2F2O4. The van der Waals surface area contributed by atoms with Gasteiger partial charge in [0.05, 0.1) is 28.8 Å². The molecule has 0 saturated heterocycles. The van der Waals surface area contributed by atoms with Crippen LogP contribution in [0.25, 0.3) is 0 Å². The molecule has 0 fully saturated rings. The van der Waals surface area contributed by atoms with E-state index in [-0.39, 0.29) is 45.9 Å². The van der Waals surface area contributed by atoms with Crippen LogP contribution in [0.3, 0.4) is 0 Å². The monoisotopic (exact) mass is 390 g/mol. The van der Waals surface area contributed by atoms with Crippen molar-refractivity contribution in [3.8, 4) is 11.5 Å². The van der Waals surface area contributed by atoms with E-state index in [0.29, 0.717) is 6.42 Å². The maximum absolute atomic E-state index is 12.4. The first-order valence-electron chi connectivity index (χ1n) is 7.24. The van der Waals surface area contributed by atoms with Crippen LogP contribution >= 0.6 is 23.2 Å². The lowest BCUT2D eigenvalue weighted by atomic mass is 10.1. The molecule has 0 aromatic heterocycles. The van der Waals surface area contributed by atoms with Gasteiger partial charge in [0.1, 0.15) is 5.75 Å². The highest BCUT2D eigenvalue weighted by atomic mass is 35.5. The second-order valence-electron chi connectivity index (χ2n) is 5.00. The number of rotatable bonds is 7. The summed E-state index contributed by atoms with van der Waals surface area (Å²) < 4.78 is 35.3. The molecule has 0 aliphatic rings. The number of hydrogen-bond donors (Lipinski definition) is 1. The minimum atomic E-state index is -2.58. The first kappa shape index (κ1) is 19.3. The Bertz CT molecular complexity index is 713. The summed E-state index contributed by atoms with van der Waals surface area (Å²) >= 11 is 11.8. The summed E-state index contributed by atoms with van der Waals surface area (Å²) in [5.41, 5.74) is 0.0301. The zero-order valence-electron chi connectivity index (χ0n) is 12.8. The first-order chi connectivity index (χ1) is 11.9. The van der Waals surface area contributed by atoms with Crippen molar-refractivity contribution in [2.24, 2.45) is 0 Å². The van der Waals surface area contributed by atoms with Crippen LogP contribution in [0.2, 0.25) is 10.0 Å². The molecule has 4 nitrogen and oxygen atoms in total. The van der Waals surface area contributed by atoms with Crippen molar-refractivity contribution >= 4 is 29.2 Å². The number of carbonyl (C=O) groups is 1. The van der Waals surface area contributed by atoms with Gasteiger partial charge in [0.25, 0.3) is 6.43 Å². The van der Waals surface area contributed by atoms with Crippen molar-refractivity contribution in [1.29, 1.82) is 0 Å². The van der Waals surface area contributed by atoms with E-state index in [0.717, 1.165) is 0 Å². The lowest BCUT2D eigenvalue weighted by Crippen LogP contribution is -2.09. The van der Waals surface area contributed by atoms with Crippen LogP contribution < -0.4 is 4.74 Å². The van der Waals surface area contributed by atoms with Crippen molar-refractivity contribution in [3.63, 3.8) is 0 Å². The number of hydrogen-bond acceptors (Lipinski definition) is 4. The fraction of sp³-hybridized carbons (Fsp3) is 0.235. The number of ether oxygens (including phenoxy) is 2. The Morgan fingerprint density at radius 2 is 1.68 bits per heavy atom. The second kappa shape index (κ2) is 8.87. The van der Waals surface area contributed by atoms with Crippen LogP contribution in [0.15, 0.2) is 36.4 Å². The fourth-order valence-corrected chi connectivity index (χ4v) is 2.52. The molecule has 0 atom stereocenters. The minimum absolute atomic E-state index is 0.0722. The van der Waals surface area contributed by atoms with E-state index in [1.165, 1.54) is 36.4 Å². The molecule has 0 bridgehead atoms. The number of alkyl halides is 2. The number of phenolic OH excluding ortho intramolecular Hbond substituents is 1. The molecule has 0 spiro atoms. The van der Waals surface area contributed by atoms with Crippen molar-refractivity contribution in [2.75, 3.05) is 13.2 Å². The van der Waals surface area contributed by atoms with Gasteiger partial charge < -0.3 is 14.6 Å². The molecule has 134 valence electrons. The Labute approximate surface area is 152 Å². The van der Waals surface area contributed by atoms with Crippen LogP contribution in [0.4, 0.5) is 8.78 Å². The fourth-order valence-electron chi connectivity index (χ4n) is 1.93. The molecule has 8 heteroatoms. The highest BCUT2D eigenvalue weighted by molar-refractivity contribution is 6.37. The van der Waals surface area contributed by atoms with Crippen LogP contribution in [0, 0.1) is 0 Å². The molecule has 0 radical (unpaired) electrons. The summed E-state index contributed by atoms with van der Waals surface area (Å²) in [5, 5.41) is 9.66. The molecule has 0 heterocycles. The summed E-state index contributed by atoms with van der Waals surface area (Å²) in [6.07, 6.45) is -2.21. The Kier molecular flexibility index (Phi) is 6.84. The van der Waals surface area contributed by atoms with E-state index in [2.05, 4.69) is 0 Å². The molecule has 0 saturated carbocycles. The number of benzene rings is 2. The molecule has 2 aromatic carbocycles. The van der Waals surface area contributed by atoms with Crippen molar-refractivity contribution in [1.82, 2.24) is 0 Å². The highest BCUT2D eigenvalue weighted by Gasteiger charge is 2.12. The van der Waals surface area contributed by atoms with Gasteiger partial charge in [-0.1, -0.05) is 35.3 Å². The van der Waals surface area contributed by atoms with Crippen molar-refractivity contribution in [2.45, 2.75) is 12.8 Å². The maximum Gasteiger partial charge on any atom is 0.338 e. The summed E-state index contributed by atoms with van der Waals surface area (Å²) in [6.45, 7) is 0.255. The number of carbonyl (C=O) groups excluding carboxylic acids is 1. The third kappa shape index (κ3) is 5.47. The predicted molar refractivity (Wildman–Crippen MR) is 89.9 cm³/mol. The zero-order valence-corrected chi connectivity index (χ0v) is 14.4. The van der Waals surface area contributed by atoms with E-state index >= 15 is 0 Å². The zero-order chi connectivity index (χ0) is 18.4. The van der Waals surface area contributed by atoms with Gasteiger partial charge in [0, 0.05) is 24.1 Å². The summed E-state index contributed by atoms with van der Waals surface area (Å²) in [4.78, 5) is 11.8. The number of phenols is 1. The second-order valence-corrected chi connectivity index (χ2v) is 5.81. The third-order valence-corrected chi connectivity index (χ3v) is 3.71. The average molecular weight is 391 g/mol. The third-order valence-electron chi connectivity index (χ3n) is 3.15. The van der Waals surface area contributed by atoms with Crippen LogP contribution in [0.1, 0.15) is 28.8 Å². The lowest BCUT2D eigenvalue weighted by Gasteiger charge is -2.10. The first-order valence-corrected chi connectivity index (χ1v) is 8.00. The van der Waals surface area contributed by atoms with E-state index in [4.69, 9.17) is 32.7 Å². The van der Waals surface area contributed by atoms with E-state index in [1.807, 2.05) is 0 Å². The smallest absolute Gasteiger partial charge is 0.338 e. The maximum atomic E-state index is 12.4. The Hall–Kier alpha value is -2.05. The standard InChI is InChI=1S/C17H14Cl2F2O4/c18-13-8-12(22)9-14(19)15(13)24-6-1-7-25-17(23)11-4-2-10(3-5-11)16(20)21/h2-5,8-9,16,22H,1,6-7H2. The van der Waals surface area contributed by atoms with Gasteiger partial charge in [-0.2, -0.15) is 0 Å². The van der Waals surface area contributed by atoms with Gasteiger partial charge in [-0.25, -0.2) is 13.6 Å². The number of esters is 1. The van der Waals surface area contributed by atoms with Gasteiger partial charge in [0.15, 0.2) is 5.75 Å². The molecule has 2 rings (SSSR count). The number of aromatic hydroxyl groups is 1. The van der Waals surface area contributed by atoms with Crippen molar-refractivity contribution in [3.05, 3.63) is 57.6 Å². The SMILES string of the molecule is O=C(OCCCOc1c(Cl)cc(O)cc1Cl)c1ccc(C(F)F)cc1. The molecule has 0 aliphatic heterocycles. The van der Waals surface area contributed by atoms with Gasteiger partial charge in [-0.3, -0.25) is 0 Å². The molecule has 1 N–H and O–H groups in total. The number of halogens is 4. The Morgan fingerprint density at radius 1 is 1.08 bits per heavy atom. The average Bonchev–Trinajstić information content (AvgIpc) is 2.56. The largest absolute Gasteiger partial charge is 0.508 e. The van der Waals surface area contributed by atoms with E-state index < -0.39 is 12.4 Å². The Balaban J connectivity index is 1.77. The normalized spacial score (nSPS) is 10.8. The topological polar surface area (TPSA) is 55.8 Å². The predicted octanol–water partition coefficient (Wildman–Crippen LogP) is 5.26. The lowest BCUT2D eigenvalue weighted by molar-refractivity contribution is 0.0485. The highest BCUT2D eigenvalue weighted by Crippen LogP contribution is 2.36. The van der Waals surface area contributed by atoms with Gasteiger partial charge in [0.2, 0.25) is 0 Å². The van der Waals surface area contributed by atoms with E-state index in [9.17, 15) is 18.7 Å². The molecular weight excluding hydrogens is 377 g/mol. The molecule has 2 aromatic rings. The minimum Gasteiger partial charge on any atom is -0.508 e. The van der Waals surface area contributed by atoms with Gasteiger partial charge >= 0.3 is 5.97 Å². The molecule has 0 aliphatic carbocycles.